The lowest BCUT2D eigenvalue weighted by Gasteiger charge is -2.31. The molecule has 1 saturated heterocycles. The SMILES string of the molecule is CC(C)N(CC1CCNCC1)c1nc2ccc(F)cn2n1. The van der Waals surface area contributed by atoms with Crippen LogP contribution in [-0.2, 0) is 0 Å². The third-order valence-electron chi connectivity index (χ3n) is 4.08. The molecule has 3 rings (SSSR count). The van der Waals surface area contributed by atoms with Crippen LogP contribution < -0.4 is 10.2 Å². The second-order valence-electron chi connectivity index (χ2n) is 6.00. The Morgan fingerprint density at radius 3 is 2.86 bits per heavy atom. The van der Waals surface area contributed by atoms with Crippen molar-refractivity contribution >= 4 is 11.6 Å². The molecule has 1 N–H and O–H groups in total. The van der Waals surface area contributed by atoms with Crippen molar-refractivity contribution in [3.05, 3.63) is 24.1 Å². The first-order valence-corrected chi connectivity index (χ1v) is 7.63. The van der Waals surface area contributed by atoms with Gasteiger partial charge in [-0.25, -0.2) is 8.91 Å². The molecule has 2 aromatic rings. The van der Waals surface area contributed by atoms with E-state index in [0.29, 0.717) is 23.6 Å². The first-order valence-electron chi connectivity index (χ1n) is 7.63. The second-order valence-corrected chi connectivity index (χ2v) is 6.00. The van der Waals surface area contributed by atoms with Crippen LogP contribution in [0.15, 0.2) is 18.3 Å². The third-order valence-corrected chi connectivity index (χ3v) is 4.08. The minimum absolute atomic E-state index is 0.298. The molecule has 21 heavy (non-hydrogen) atoms. The molecule has 0 amide bonds. The van der Waals surface area contributed by atoms with Crippen molar-refractivity contribution in [1.82, 2.24) is 19.9 Å². The van der Waals surface area contributed by atoms with Gasteiger partial charge in [0.15, 0.2) is 5.65 Å². The summed E-state index contributed by atoms with van der Waals surface area (Å²) in [5.41, 5.74) is 0.683. The van der Waals surface area contributed by atoms with E-state index < -0.39 is 0 Å². The van der Waals surface area contributed by atoms with Crippen molar-refractivity contribution in [1.29, 1.82) is 0 Å². The number of hydrogen-bond donors (Lipinski definition) is 1. The Balaban J connectivity index is 1.84. The molecule has 6 heteroatoms. The normalized spacial score (nSPS) is 16.8. The molecule has 2 aromatic heterocycles. The van der Waals surface area contributed by atoms with Crippen molar-refractivity contribution in [2.75, 3.05) is 24.5 Å². The van der Waals surface area contributed by atoms with Crippen LogP contribution in [0.2, 0.25) is 0 Å². The van der Waals surface area contributed by atoms with Gasteiger partial charge in [-0.3, -0.25) is 0 Å². The van der Waals surface area contributed by atoms with Crippen LogP contribution in [0, 0.1) is 11.7 Å². The van der Waals surface area contributed by atoms with Gasteiger partial charge in [-0.1, -0.05) is 0 Å². The number of hydrogen-bond acceptors (Lipinski definition) is 4. The predicted octanol–water partition coefficient (Wildman–Crippen LogP) is 2.08. The number of nitrogens with zero attached hydrogens (tertiary/aromatic N) is 4. The van der Waals surface area contributed by atoms with Gasteiger partial charge in [0.25, 0.3) is 0 Å². The molecule has 3 heterocycles. The first kappa shape index (κ1) is 14.3. The Morgan fingerprint density at radius 1 is 1.38 bits per heavy atom. The second kappa shape index (κ2) is 5.97. The van der Waals surface area contributed by atoms with Crippen molar-refractivity contribution in [2.45, 2.75) is 32.7 Å². The van der Waals surface area contributed by atoms with Gasteiger partial charge in [0.2, 0.25) is 5.95 Å². The van der Waals surface area contributed by atoms with E-state index in [2.05, 4.69) is 34.1 Å². The summed E-state index contributed by atoms with van der Waals surface area (Å²) in [7, 11) is 0. The molecule has 5 nitrogen and oxygen atoms in total. The lowest BCUT2D eigenvalue weighted by Crippen LogP contribution is -2.40. The molecule has 0 radical (unpaired) electrons. The monoisotopic (exact) mass is 291 g/mol. The standard InChI is InChI=1S/C15H22FN5/c1-11(2)20(9-12-5-7-17-8-6-12)15-18-14-4-3-13(16)10-21(14)19-15/h3-4,10-12,17H,5-9H2,1-2H3. The quantitative estimate of drug-likeness (QED) is 0.937. The Kier molecular flexibility index (Phi) is 4.05. The van der Waals surface area contributed by atoms with Gasteiger partial charge in [-0.15, -0.1) is 5.10 Å². The van der Waals surface area contributed by atoms with Crippen LogP contribution in [0.1, 0.15) is 26.7 Å². The van der Waals surface area contributed by atoms with Crippen LogP contribution >= 0.6 is 0 Å². The van der Waals surface area contributed by atoms with Gasteiger partial charge in [0.1, 0.15) is 5.82 Å². The predicted molar refractivity (Wildman–Crippen MR) is 81.0 cm³/mol. The van der Waals surface area contributed by atoms with E-state index >= 15 is 0 Å². The van der Waals surface area contributed by atoms with Gasteiger partial charge in [-0.2, -0.15) is 4.98 Å². The molecule has 0 bridgehead atoms. The van der Waals surface area contributed by atoms with E-state index in [9.17, 15) is 4.39 Å². The number of fused-ring (bicyclic) bond motifs is 1. The van der Waals surface area contributed by atoms with Crippen LogP contribution in [0.3, 0.4) is 0 Å². The van der Waals surface area contributed by atoms with Crippen LogP contribution in [0.5, 0.6) is 0 Å². The van der Waals surface area contributed by atoms with Crippen LogP contribution in [0.4, 0.5) is 10.3 Å². The molecule has 0 saturated carbocycles. The Morgan fingerprint density at radius 2 is 2.14 bits per heavy atom. The van der Waals surface area contributed by atoms with Gasteiger partial charge in [-0.05, 0) is 57.8 Å². The van der Waals surface area contributed by atoms with E-state index in [1.165, 1.54) is 29.6 Å². The van der Waals surface area contributed by atoms with E-state index in [1.807, 2.05) is 0 Å². The summed E-state index contributed by atoms with van der Waals surface area (Å²) >= 11 is 0. The molecular weight excluding hydrogens is 269 g/mol. The average molecular weight is 291 g/mol. The lowest BCUT2D eigenvalue weighted by molar-refractivity contribution is 0.366. The zero-order valence-electron chi connectivity index (χ0n) is 12.6. The number of pyridine rings is 1. The number of piperidine rings is 1. The summed E-state index contributed by atoms with van der Waals surface area (Å²) in [4.78, 5) is 6.76. The fraction of sp³-hybridized carbons (Fsp3) is 0.600. The Hall–Kier alpha value is -1.69. The summed E-state index contributed by atoms with van der Waals surface area (Å²) in [6, 6.07) is 3.40. The highest BCUT2D eigenvalue weighted by molar-refractivity contribution is 5.45. The van der Waals surface area contributed by atoms with Gasteiger partial charge in [0.05, 0.1) is 6.20 Å². The fourth-order valence-electron chi connectivity index (χ4n) is 2.83. The molecule has 0 spiro atoms. The van der Waals surface area contributed by atoms with E-state index in [1.54, 1.807) is 6.07 Å². The number of nitrogens with one attached hydrogen (secondary N) is 1. The molecule has 1 aliphatic heterocycles. The molecule has 1 aliphatic rings. The zero-order valence-corrected chi connectivity index (χ0v) is 12.6. The maximum Gasteiger partial charge on any atom is 0.245 e. The highest BCUT2D eigenvalue weighted by atomic mass is 19.1. The summed E-state index contributed by atoms with van der Waals surface area (Å²) < 4.78 is 14.8. The maximum absolute atomic E-state index is 13.3. The molecular formula is C15H22FN5. The molecule has 1 fully saturated rings. The van der Waals surface area contributed by atoms with Crippen molar-refractivity contribution in [3.8, 4) is 0 Å². The summed E-state index contributed by atoms with van der Waals surface area (Å²) in [6.07, 6.45) is 3.74. The minimum atomic E-state index is -0.298. The molecule has 0 aliphatic carbocycles. The van der Waals surface area contributed by atoms with Crippen LogP contribution in [0.25, 0.3) is 5.65 Å². The Labute approximate surface area is 124 Å². The number of halogens is 1. The smallest absolute Gasteiger partial charge is 0.245 e. The van der Waals surface area contributed by atoms with Crippen LogP contribution in [-0.4, -0.2) is 40.3 Å². The van der Waals surface area contributed by atoms with E-state index in [0.717, 1.165) is 19.6 Å². The third kappa shape index (κ3) is 3.15. The van der Waals surface area contributed by atoms with Gasteiger partial charge >= 0.3 is 0 Å². The van der Waals surface area contributed by atoms with Gasteiger partial charge in [0, 0.05) is 12.6 Å². The highest BCUT2D eigenvalue weighted by Gasteiger charge is 2.22. The highest BCUT2D eigenvalue weighted by Crippen LogP contribution is 2.20. The zero-order chi connectivity index (χ0) is 14.8. The molecule has 114 valence electrons. The summed E-state index contributed by atoms with van der Waals surface area (Å²) in [6.45, 7) is 7.42. The average Bonchev–Trinajstić information content (AvgIpc) is 2.88. The molecule has 0 aromatic carbocycles. The molecule has 0 unspecified atom stereocenters. The number of aromatic nitrogens is 3. The van der Waals surface area contributed by atoms with Crippen molar-refractivity contribution in [2.24, 2.45) is 5.92 Å². The van der Waals surface area contributed by atoms with Gasteiger partial charge < -0.3 is 10.2 Å². The topological polar surface area (TPSA) is 45.5 Å². The van der Waals surface area contributed by atoms with Crippen molar-refractivity contribution in [3.63, 3.8) is 0 Å². The van der Waals surface area contributed by atoms with Crippen molar-refractivity contribution < 1.29 is 4.39 Å². The fourth-order valence-corrected chi connectivity index (χ4v) is 2.83. The van der Waals surface area contributed by atoms with E-state index in [4.69, 9.17) is 0 Å². The lowest BCUT2D eigenvalue weighted by atomic mass is 9.97. The summed E-state index contributed by atoms with van der Waals surface area (Å²) in [5, 5.41) is 7.83. The number of rotatable bonds is 4. The number of anilines is 1. The largest absolute Gasteiger partial charge is 0.337 e. The molecule has 0 atom stereocenters. The maximum atomic E-state index is 13.3. The Bertz CT molecular complexity index is 603. The van der Waals surface area contributed by atoms with E-state index in [-0.39, 0.29) is 5.82 Å². The minimum Gasteiger partial charge on any atom is -0.337 e. The summed E-state index contributed by atoms with van der Waals surface area (Å²) in [5.74, 6) is 1.06. The first-order chi connectivity index (χ1) is 10.1.